The van der Waals surface area contributed by atoms with Crippen molar-refractivity contribution in [1.29, 1.82) is 0 Å². The van der Waals surface area contributed by atoms with Crippen LogP contribution >= 0.6 is 11.6 Å². The largest absolute Gasteiger partial charge is 0.463 e. The van der Waals surface area contributed by atoms with Gasteiger partial charge >= 0.3 is 11.9 Å². The lowest BCUT2D eigenvalue weighted by atomic mass is 10.2. The van der Waals surface area contributed by atoms with Gasteiger partial charge in [-0.1, -0.05) is 32.6 Å². The number of hydrogen-bond acceptors (Lipinski definition) is 4. The Hall–Kier alpha value is -1.03. The fourth-order valence-electron chi connectivity index (χ4n) is 1.25. The smallest absolute Gasteiger partial charge is 0.331 e. The Bertz CT molecular complexity index is 264. The Morgan fingerprint density at radius 3 is 2.06 bits per heavy atom. The number of carbonyl (C=O) groups is 2. The maximum Gasteiger partial charge on any atom is 0.331 e. The molecule has 0 aromatic rings. The number of ether oxygens (including phenoxy) is 2. The van der Waals surface area contributed by atoms with Gasteiger partial charge in [-0.3, -0.25) is 0 Å². The summed E-state index contributed by atoms with van der Waals surface area (Å²) >= 11 is 5.34. The third-order valence-corrected chi connectivity index (χ3v) is 2.32. The summed E-state index contributed by atoms with van der Waals surface area (Å²) in [5, 5.41) is 0. The Morgan fingerprint density at radius 2 is 1.50 bits per heavy atom. The van der Waals surface area contributed by atoms with E-state index in [2.05, 4.69) is 11.7 Å². The lowest BCUT2D eigenvalue weighted by Crippen LogP contribution is -2.06. The summed E-state index contributed by atoms with van der Waals surface area (Å²) in [7, 11) is 0. The van der Waals surface area contributed by atoms with Crippen molar-refractivity contribution in [3.63, 3.8) is 0 Å². The van der Waals surface area contributed by atoms with Crippen molar-refractivity contribution < 1.29 is 19.1 Å². The molecule has 0 N–H and O–H groups in total. The molecule has 0 aromatic heterocycles. The van der Waals surface area contributed by atoms with Gasteiger partial charge in [-0.25, -0.2) is 9.59 Å². The molecule has 0 saturated carbocycles. The Kier molecular flexibility index (Phi) is 11.7. The summed E-state index contributed by atoms with van der Waals surface area (Å²) in [6.07, 6.45) is 7.59. The molecule has 5 heteroatoms. The van der Waals surface area contributed by atoms with E-state index in [1.165, 1.54) is 12.8 Å². The van der Waals surface area contributed by atoms with Crippen LogP contribution in [0, 0.1) is 0 Å². The van der Waals surface area contributed by atoms with Crippen molar-refractivity contribution in [3.05, 3.63) is 12.2 Å². The van der Waals surface area contributed by atoms with Gasteiger partial charge in [0.1, 0.15) is 6.61 Å². The van der Waals surface area contributed by atoms with E-state index < -0.39 is 11.9 Å². The molecule has 0 bridgehead atoms. The highest BCUT2D eigenvalue weighted by Gasteiger charge is 2.00. The van der Waals surface area contributed by atoms with E-state index in [0.29, 0.717) is 6.61 Å². The van der Waals surface area contributed by atoms with E-state index >= 15 is 0 Å². The molecule has 0 aliphatic heterocycles. The Balaban J connectivity index is 3.52. The summed E-state index contributed by atoms with van der Waals surface area (Å²) < 4.78 is 9.56. The minimum atomic E-state index is -0.587. The van der Waals surface area contributed by atoms with Crippen LogP contribution in [0.25, 0.3) is 0 Å². The first-order valence-electron chi connectivity index (χ1n) is 6.28. The van der Waals surface area contributed by atoms with Crippen molar-refractivity contribution in [1.82, 2.24) is 0 Å². The second-order valence-electron chi connectivity index (χ2n) is 3.77. The average Bonchev–Trinajstić information content (AvgIpc) is 2.38. The van der Waals surface area contributed by atoms with Crippen molar-refractivity contribution in [3.8, 4) is 0 Å². The van der Waals surface area contributed by atoms with E-state index in [4.69, 9.17) is 16.3 Å². The molecule has 0 atom stereocenters. The SMILES string of the molecule is CCCCCCCOC(=O)/C=C/C(=O)OCCCl. The maximum atomic E-state index is 11.2. The third-order valence-electron chi connectivity index (χ3n) is 2.17. The lowest BCUT2D eigenvalue weighted by Gasteiger charge is -2.01. The fourth-order valence-corrected chi connectivity index (χ4v) is 1.33. The van der Waals surface area contributed by atoms with Crippen LogP contribution in [-0.2, 0) is 19.1 Å². The number of esters is 2. The quantitative estimate of drug-likeness (QED) is 0.266. The first kappa shape index (κ1) is 17.0. The normalized spacial score (nSPS) is 10.6. The average molecular weight is 277 g/mol. The van der Waals surface area contributed by atoms with Gasteiger partial charge < -0.3 is 9.47 Å². The number of unbranched alkanes of at least 4 members (excludes halogenated alkanes) is 4. The molecule has 0 aromatic carbocycles. The van der Waals surface area contributed by atoms with Gasteiger partial charge in [-0.05, 0) is 6.42 Å². The second kappa shape index (κ2) is 12.4. The van der Waals surface area contributed by atoms with Crippen molar-refractivity contribution in [2.24, 2.45) is 0 Å². The monoisotopic (exact) mass is 276 g/mol. The Labute approximate surface area is 113 Å². The van der Waals surface area contributed by atoms with Crippen molar-refractivity contribution in [2.45, 2.75) is 39.0 Å². The van der Waals surface area contributed by atoms with Crippen molar-refractivity contribution in [2.75, 3.05) is 19.1 Å². The summed E-state index contributed by atoms with van der Waals surface area (Å²) in [5.74, 6) is -0.870. The highest BCUT2D eigenvalue weighted by molar-refractivity contribution is 6.18. The molecule has 104 valence electrons. The topological polar surface area (TPSA) is 52.6 Å². The summed E-state index contributed by atoms with van der Waals surface area (Å²) in [6, 6.07) is 0. The molecule has 0 heterocycles. The molecule has 0 amide bonds. The summed E-state index contributed by atoms with van der Waals surface area (Å²) in [5.41, 5.74) is 0. The number of rotatable bonds is 10. The summed E-state index contributed by atoms with van der Waals surface area (Å²) in [6.45, 7) is 2.68. The highest BCUT2D eigenvalue weighted by Crippen LogP contribution is 2.02. The summed E-state index contributed by atoms with van der Waals surface area (Å²) in [4.78, 5) is 22.1. The molecule has 0 unspecified atom stereocenters. The molecule has 0 rings (SSSR count). The van der Waals surface area contributed by atoms with Gasteiger partial charge in [0.05, 0.1) is 12.5 Å². The number of alkyl halides is 1. The number of halogens is 1. The van der Waals surface area contributed by atoms with Crippen LogP contribution in [0.1, 0.15) is 39.0 Å². The van der Waals surface area contributed by atoms with Crippen LogP contribution in [0.3, 0.4) is 0 Å². The highest BCUT2D eigenvalue weighted by atomic mass is 35.5. The molecule has 18 heavy (non-hydrogen) atoms. The molecule has 4 nitrogen and oxygen atoms in total. The van der Waals surface area contributed by atoms with Crippen LogP contribution in [0.2, 0.25) is 0 Å². The van der Waals surface area contributed by atoms with Crippen molar-refractivity contribution >= 4 is 23.5 Å². The molecule has 0 aliphatic carbocycles. The predicted octanol–water partition coefficient (Wildman–Crippen LogP) is 2.84. The first-order chi connectivity index (χ1) is 8.70. The van der Waals surface area contributed by atoms with Crippen LogP contribution in [0.5, 0.6) is 0 Å². The van der Waals surface area contributed by atoms with E-state index in [0.717, 1.165) is 31.4 Å². The first-order valence-corrected chi connectivity index (χ1v) is 6.81. The second-order valence-corrected chi connectivity index (χ2v) is 4.15. The zero-order valence-electron chi connectivity index (χ0n) is 10.8. The van der Waals surface area contributed by atoms with Gasteiger partial charge in [0.2, 0.25) is 0 Å². The van der Waals surface area contributed by atoms with Gasteiger partial charge in [0, 0.05) is 12.2 Å². The molecule has 0 radical (unpaired) electrons. The zero-order chi connectivity index (χ0) is 13.6. The molecule has 0 aliphatic rings. The third kappa shape index (κ3) is 11.5. The standard InChI is InChI=1S/C13H21ClO4/c1-2-3-4-5-6-10-17-12(15)7-8-13(16)18-11-9-14/h7-8H,2-6,9-11H2,1H3/b8-7+. The van der Waals surface area contributed by atoms with Gasteiger partial charge in [-0.15, -0.1) is 11.6 Å². The molecule has 0 saturated heterocycles. The Morgan fingerprint density at radius 1 is 0.944 bits per heavy atom. The van der Waals surface area contributed by atoms with Gasteiger partial charge in [-0.2, -0.15) is 0 Å². The van der Waals surface area contributed by atoms with Gasteiger partial charge in [0.15, 0.2) is 0 Å². The minimum Gasteiger partial charge on any atom is -0.463 e. The number of hydrogen-bond donors (Lipinski definition) is 0. The minimum absolute atomic E-state index is 0.136. The number of carbonyl (C=O) groups excluding carboxylic acids is 2. The fraction of sp³-hybridized carbons (Fsp3) is 0.692. The van der Waals surface area contributed by atoms with Gasteiger partial charge in [0.25, 0.3) is 0 Å². The van der Waals surface area contributed by atoms with E-state index in [1.807, 2.05) is 0 Å². The van der Waals surface area contributed by atoms with Crippen LogP contribution in [-0.4, -0.2) is 31.0 Å². The van der Waals surface area contributed by atoms with Crippen LogP contribution in [0.15, 0.2) is 12.2 Å². The lowest BCUT2D eigenvalue weighted by molar-refractivity contribution is -0.140. The molecular weight excluding hydrogens is 256 g/mol. The van der Waals surface area contributed by atoms with Crippen LogP contribution < -0.4 is 0 Å². The maximum absolute atomic E-state index is 11.2. The predicted molar refractivity (Wildman–Crippen MR) is 70.5 cm³/mol. The molecule has 0 fully saturated rings. The van der Waals surface area contributed by atoms with E-state index in [9.17, 15) is 9.59 Å². The zero-order valence-corrected chi connectivity index (χ0v) is 11.6. The van der Waals surface area contributed by atoms with Crippen LogP contribution in [0.4, 0.5) is 0 Å². The molecular formula is C13H21ClO4. The van der Waals surface area contributed by atoms with E-state index in [-0.39, 0.29) is 12.5 Å². The molecule has 0 spiro atoms. The van der Waals surface area contributed by atoms with E-state index in [1.54, 1.807) is 0 Å².